The van der Waals surface area contributed by atoms with Gasteiger partial charge in [0.15, 0.2) is 0 Å². The van der Waals surface area contributed by atoms with Crippen LogP contribution in [0.5, 0.6) is 0 Å². The van der Waals surface area contributed by atoms with Crippen molar-refractivity contribution < 1.29 is 0 Å². The Morgan fingerprint density at radius 2 is 1.77 bits per heavy atom. The second kappa shape index (κ2) is 5.61. The Labute approximate surface area is 82.5 Å². The molecule has 0 aromatic rings. The van der Waals surface area contributed by atoms with Crippen LogP contribution in [-0.2, 0) is 0 Å². The van der Waals surface area contributed by atoms with Crippen LogP contribution in [0.25, 0.3) is 0 Å². The van der Waals surface area contributed by atoms with Crippen molar-refractivity contribution in [1.29, 1.82) is 0 Å². The molecular weight excluding hydrogens is 160 g/mol. The van der Waals surface area contributed by atoms with Crippen LogP contribution in [0.15, 0.2) is 0 Å². The van der Waals surface area contributed by atoms with Gasteiger partial charge in [-0.3, -0.25) is 0 Å². The summed E-state index contributed by atoms with van der Waals surface area (Å²) in [6, 6.07) is 0. The van der Waals surface area contributed by atoms with Crippen molar-refractivity contribution >= 4 is 0 Å². The van der Waals surface area contributed by atoms with Gasteiger partial charge in [0, 0.05) is 18.4 Å². The maximum absolute atomic E-state index is 5.64. The van der Waals surface area contributed by atoms with E-state index < -0.39 is 0 Å². The summed E-state index contributed by atoms with van der Waals surface area (Å²) in [7, 11) is 0. The molecule has 2 N–H and O–H groups in total. The lowest BCUT2D eigenvalue weighted by atomic mass is 9.96. The van der Waals surface area contributed by atoms with Gasteiger partial charge in [0.25, 0.3) is 0 Å². The number of nitrogens with zero attached hydrogens (tertiary/aromatic N) is 1. The summed E-state index contributed by atoms with van der Waals surface area (Å²) in [6.45, 7) is 8.27. The van der Waals surface area contributed by atoms with Crippen molar-refractivity contribution in [2.45, 2.75) is 13.8 Å². The van der Waals surface area contributed by atoms with Crippen LogP contribution in [0, 0.1) is 31.1 Å². The zero-order chi connectivity index (χ0) is 9.68. The molecule has 2 heteroatoms. The first kappa shape index (κ1) is 11.0. The molecule has 2 nitrogen and oxygen atoms in total. The second-order valence-electron chi connectivity index (χ2n) is 3.24. The van der Waals surface area contributed by atoms with E-state index in [1.165, 1.54) is 11.8 Å². The fourth-order valence-electron chi connectivity index (χ4n) is 1.54. The second-order valence-corrected chi connectivity index (χ2v) is 3.24. The zero-order valence-electron chi connectivity index (χ0n) is 8.59. The molecule has 0 saturated heterocycles. The van der Waals surface area contributed by atoms with Gasteiger partial charge >= 0.3 is 0 Å². The Bertz CT molecular complexity index is 132. The minimum Gasteiger partial charge on any atom is -0.330 e. The molecule has 0 unspecified atom stereocenters. The van der Waals surface area contributed by atoms with Crippen molar-refractivity contribution in [2.75, 3.05) is 26.2 Å². The predicted molar refractivity (Wildman–Crippen MR) is 56.2 cm³/mol. The average molecular weight is 179 g/mol. The van der Waals surface area contributed by atoms with Crippen LogP contribution in [0.3, 0.4) is 0 Å². The van der Waals surface area contributed by atoms with Crippen molar-refractivity contribution in [1.82, 2.24) is 4.90 Å². The quantitative estimate of drug-likeness (QED) is 0.684. The van der Waals surface area contributed by atoms with Gasteiger partial charge in [-0.1, -0.05) is 13.8 Å². The molecule has 1 saturated carbocycles. The minimum atomic E-state index is 0.656. The van der Waals surface area contributed by atoms with Crippen LogP contribution in [0.4, 0.5) is 0 Å². The number of hydrogen-bond donors (Lipinski definition) is 1. The minimum absolute atomic E-state index is 0.656. The highest BCUT2D eigenvalue weighted by atomic mass is 15.1. The third-order valence-electron chi connectivity index (χ3n) is 2.52. The van der Waals surface area contributed by atoms with Crippen LogP contribution < -0.4 is 5.73 Å². The van der Waals surface area contributed by atoms with Crippen molar-refractivity contribution in [3.8, 4) is 0 Å². The van der Waals surface area contributed by atoms with E-state index >= 15 is 0 Å². The largest absolute Gasteiger partial charge is 0.330 e. The molecular formula is C11H19N2. The molecule has 1 rings (SSSR count). The molecule has 0 bridgehead atoms. The standard InChI is InChI=1S/C11H19N2/c1-3-13(4-2)9-11-7-5-6-10(11)8-12/h5-7H,3-4,8-9,12H2,1-2H3. The zero-order valence-corrected chi connectivity index (χ0v) is 8.59. The fraction of sp³-hybridized carbons (Fsp3) is 0.545. The maximum atomic E-state index is 5.64. The molecule has 0 amide bonds. The lowest BCUT2D eigenvalue weighted by molar-refractivity contribution is 0.318. The van der Waals surface area contributed by atoms with Gasteiger partial charge < -0.3 is 10.6 Å². The summed E-state index contributed by atoms with van der Waals surface area (Å²) in [5, 5.41) is 0. The van der Waals surface area contributed by atoms with Gasteiger partial charge in [-0.25, -0.2) is 0 Å². The maximum Gasteiger partial charge on any atom is 0.00529 e. The first-order valence-electron chi connectivity index (χ1n) is 4.97. The van der Waals surface area contributed by atoms with E-state index in [1.54, 1.807) is 0 Å². The van der Waals surface area contributed by atoms with Crippen LogP contribution in [-0.4, -0.2) is 31.1 Å². The van der Waals surface area contributed by atoms with E-state index in [0.717, 1.165) is 19.6 Å². The third kappa shape index (κ3) is 2.96. The molecule has 0 heterocycles. The first-order chi connectivity index (χ1) is 6.31. The Hall–Kier alpha value is -0.0800. The van der Waals surface area contributed by atoms with Gasteiger partial charge in [-0.15, -0.1) is 0 Å². The van der Waals surface area contributed by atoms with Gasteiger partial charge in [-0.05, 0) is 38.9 Å². The Morgan fingerprint density at radius 3 is 2.31 bits per heavy atom. The Balaban J connectivity index is 2.33. The van der Waals surface area contributed by atoms with E-state index in [0.29, 0.717) is 6.54 Å². The molecule has 1 aliphatic rings. The highest BCUT2D eigenvalue weighted by Gasteiger charge is 2.28. The number of hydrogen-bond acceptors (Lipinski definition) is 2. The number of nitrogens with two attached hydrogens (primary N) is 1. The topological polar surface area (TPSA) is 29.3 Å². The lowest BCUT2D eigenvalue weighted by Crippen LogP contribution is -2.31. The summed E-state index contributed by atoms with van der Waals surface area (Å²) in [6.07, 6.45) is 6.36. The van der Waals surface area contributed by atoms with Gasteiger partial charge in [0.1, 0.15) is 0 Å². The molecule has 73 valence electrons. The van der Waals surface area contributed by atoms with Crippen molar-refractivity contribution in [3.05, 3.63) is 31.1 Å². The van der Waals surface area contributed by atoms with E-state index in [4.69, 9.17) is 5.73 Å². The smallest absolute Gasteiger partial charge is 0.00529 e. The van der Waals surface area contributed by atoms with E-state index in [-0.39, 0.29) is 0 Å². The molecule has 0 atom stereocenters. The predicted octanol–water partition coefficient (Wildman–Crippen LogP) is 1.06. The van der Waals surface area contributed by atoms with Crippen molar-refractivity contribution in [2.24, 2.45) is 5.73 Å². The summed E-state index contributed by atoms with van der Waals surface area (Å²) < 4.78 is 0. The van der Waals surface area contributed by atoms with E-state index in [1.807, 2.05) is 0 Å². The molecule has 1 fully saturated rings. The Kier molecular flexibility index (Phi) is 4.74. The lowest BCUT2D eigenvalue weighted by Gasteiger charge is -2.24. The fourth-order valence-corrected chi connectivity index (χ4v) is 1.54. The summed E-state index contributed by atoms with van der Waals surface area (Å²) >= 11 is 0. The van der Waals surface area contributed by atoms with Gasteiger partial charge in [0.2, 0.25) is 0 Å². The van der Waals surface area contributed by atoms with Gasteiger partial charge in [0.05, 0.1) is 0 Å². The van der Waals surface area contributed by atoms with Crippen LogP contribution in [0.1, 0.15) is 13.8 Å². The Morgan fingerprint density at radius 1 is 1.15 bits per heavy atom. The molecule has 1 aliphatic carbocycles. The van der Waals surface area contributed by atoms with E-state index in [9.17, 15) is 0 Å². The van der Waals surface area contributed by atoms with Crippen LogP contribution in [0.2, 0.25) is 0 Å². The molecule has 0 aromatic heterocycles. The molecule has 0 spiro atoms. The number of rotatable bonds is 5. The summed E-state index contributed by atoms with van der Waals surface area (Å²) in [5.74, 6) is 2.66. The average Bonchev–Trinajstić information content (AvgIpc) is 2.61. The normalized spacial score (nSPS) is 20.3. The molecule has 0 aliphatic heterocycles. The highest BCUT2D eigenvalue weighted by molar-refractivity contribution is 5.45. The first-order valence-corrected chi connectivity index (χ1v) is 4.97. The summed E-state index contributed by atoms with van der Waals surface area (Å²) in [5.41, 5.74) is 5.64. The van der Waals surface area contributed by atoms with E-state index in [2.05, 4.69) is 38.0 Å². The SMILES string of the molecule is CCN(CC)C[C]1[CH][CH][CH][C]1CN. The monoisotopic (exact) mass is 179 g/mol. The van der Waals surface area contributed by atoms with Crippen LogP contribution >= 0.6 is 0 Å². The third-order valence-corrected chi connectivity index (χ3v) is 2.52. The summed E-state index contributed by atoms with van der Waals surface area (Å²) in [4.78, 5) is 2.40. The van der Waals surface area contributed by atoms with Crippen molar-refractivity contribution in [3.63, 3.8) is 0 Å². The highest BCUT2D eigenvalue weighted by Crippen LogP contribution is 2.32. The van der Waals surface area contributed by atoms with Gasteiger partial charge in [-0.2, -0.15) is 0 Å². The molecule has 0 aromatic carbocycles. The molecule has 13 heavy (non-hydrogen) atoms. The molecule has 5 radical (unpaired) electrons.